The van der Waals surface area contributed by atoms with Gasteiger partial charge in [0, 0.05) is 40.2 Å². The Kier molecular flexibility index (Phi) is 6.41. The van der Waals surface area contributed by atoms with Crippen molar-refractivity contribution in [2.24, 2.45) is 5.92 Å². The van der Waals surface area contributed by atoms with Crippen molar-refractivity contribution in [3.8, 4) is 0 Å². The summed E-state index contributed by atoms with van der Waals surface area (Å²) >= 11 is 0. The van der Waals surface area contributed by atoms with Crippen molar-refractivity contribution in [1.82, 2.24) is 14.5 Å². The normalized spacial score (nSPS) is 17.0. The van der Waals surface area contributed by atoms with Crippen LogP contribution in [0.2, 0.25) is 0 Å². The highest BCUT2D eigenvalue weighted by atomic mass is 32.2. The van der Waals surface area contributed by atoms with Gasteiger partial charge in [0.05, 0.1) is 5.75 Å². The zero-order chi connectivity index (χ0) is 16.0. The molecule has 1 rings (SSSR count). The molecule has 8 nitrogen and oxygen atoms in total. The van der Waals surface area contributed by atoms with Gasteiger partial charge in [-0.2, -0.15) is 0 Å². The number of sulfonamides is 1. The number of hydrogen-bond donors (Lipinski definition) is 2. The summed E-state index contributed by atoms with van der Waals surface area (Å²) in [6.07, 6.45) is 1.46. The highest BCUT2D eigenvalue weighted by Gasteiger charge is 2.24. The van der Waals surface area contributed by atoms with Crippen LogP contribution >= 0.6 is 0 Å². The second-order valence-electron chi connectivity index (χ2n) is 5.36. The molecule has 21 heavy (non-hydrogen) atoms. The van der Waals surface area contributed by atoms with E-state index >= 15 is 0 Å². The van der Waals surface area contributed by atoms with Crippen LogP contribution in [0, 0.1) is 5.92 Å². The van der Waals surface area contributed by atoms with Crippen LogP contribution in [0.25, 0.3) is 0 Å². The lowest BCUT2D eigenvalue weighted by Gasteiger charge is -2.31. The van der Waals surface area contributed by atoms with Gasteiger partial charge < -0.3 is 15.3 Å². The van der Waals surface area contributed by atoms with E-state index in [0.29, 0.717) is 25.9 Å². The Balaban J connectivity index is 2.30. The van der Waals surface area contributed by atoms with Gasteiger partial charge in [-0.05, 0) is 18.8 Å². The molecule has 0 aliphatic carbocycles. The number of nitrogens with one attached hydrogen (secondary N) is 1. The summed E-state index contributed by atoms with van der Waals surface area (Å²) in [5.41, 5.74) is 0. The van der Waals surface area contributed by atoms with Gasteiger partial charge in [-0.15, -0.1) is 0 Å². The van der Waals surface area contributed by atoms with Crippen LogP contribution in [0.3, 0.4) is 0 Å². The molecular weight excluding hydrogens is 298 g/mol. The molecule has 122 valence electrons. The van der Waals surface area contributed by atoms with Gasteiger partial charge in [-0.25, -0.2) is 17.5 Å². The molecule has 1 heterocycles. The summed E-state index contributed by atoms with van der Waals surface area (Å²) in [7, 11) is -0.414. The minimum Gasteiger partial charge on any atom is -0.481 e. The first kappa shape index (κ1) is 17.7. The minimum absolute atomic E-state index is 0.0639. The second-order valence-corrected chi connectivity index (χ2v) is 7.66. The molecule has 0 unspecified atom stereocenters. The van der Waals surface area contributed by atoms with E-state index in [4.69, 9.17) is 5.11 Å². The molecule has 9 heteroatoms. The zero-order valence-electron chi connectivity index (χ0n) is 12.4. The third-order valence-electron chi connectivity index (χ3n) is 3.56. The maximum atomic E-state index is 11.9. The Labute approximate surface area is 125 Å². The number of nitrogens with zero attached hydrogens (tertiary/aromatic N) is 2. The lowest BCUT2D eigenvalue weighted by molar-refractivity contribution is -0.138. The van der Waals surface area contributed by atoms with E-state index in [2.05, 4.69) is 5.32 Å². The average molecular weight is 321 g/mol. The zero-order valence-corrected chi connectivity index (χ0v) is 13.2. The molecule has 0 atom stereocenters. The molecule has 1 fully saturated rings. The quantitative estimate of drug-likeness (QED) is 0.703. The van der Waals surface area contributed by atoms with E-state index in [1.165, 1.54) is 14.1 Å². The summed E-state index contributed by atoms with van der Waals surface area (Å²) in [4.78, 5) is 24.1. The fraction of sp³-hybridized carbons (Fsp3) is 0.833. The number of piperidine rings is 1. The summed E-state index contributed by atoms with van der Waals surface area (Å²) in [5, 5.41) is 11.3. The van der Waals surface area contributed by atoms with Crippen molar-refractivity contribution >= 4 is 22.0 Å². The van der Waals surface area contributed by atoms with Gasteiger partial charge in [0.1, 0.15) is 0 Å². The first-order valence-electron chi connectivity index (χ1n) is 6.87. The molecule has 0 saturated carbocycles. The Bertz CT molecular complexity index is 469. The molecule has 0 aromatic rings. The van der Waals surface area contributed by atoms with Gasteiger partial charge in [0.15, 0.2) is 0 Å². The number of carbonyl (C=O) groups is 2. The Morgan fingerprint density at radius 3 is 2.33 bits per heavy atom. The van der Waals surface area contributed by atoms with Crippen LogP contribution in [0.5, 0.6) is 0 Å². The van der Waals surface area contributed by atoms with E-state index in [1.807, 2.05) is 0 Å². The van der Waals surface area contributed by atoms with Crippen molar-refractivity contribution < 1.29 is 23.1 Å². The lowest BCUT2D eigenvalue weighted by Crippen LogP contribution is -2.46. The molecule has 0 aromatic heterocycles. The summed E-state index contributed by atoms with van der Waals surface area (Å²) < 4.78 is 24.2. The molecule has 2 N–H and O–H groups in total. The SMILES string of the molecule is CN(C)S(=O)(=O)CCNC(=O)N1CCC(CC(=O)O)CC1. The van der Waals surface area contributed by atoms with E-state index in [1.54, 1.807) is 4.90 Å². The van der Waals surface area contributed by atoms with Gasteiger partial charge in [0.2, 0.25) is 10.0 Å². The van der Waals surface area contributed by atoms with Gasteiger partial charge in [-0.1, -0.05) is 0 Å². The van der Waals surface area contributed by atoms with Crippen LogP contribution in [0.1, 0.15) is 19.3 Å². The molecule has 1 aliphatic heterocycles. The fourth-order valence-electron chi connectivity index (χ4n) is 2.17. The standard InChI is InChI=1S/C12H23N3O5S/c1-14(2)21(19,20)8-5-13-12(18)15-6-3-10(4-7-15)9-11(16)17/h10H,3-9H2,1-2H3,(H,13,18)(H,16,17). The molecule has 1 aliphatic rings. The number of carbonyl (C=O) groups excluding carboxylic acids is 1. The van der Waals surface area contributed by atoms with Crippen molar-refractivity contribution in [3.05, 3.63) is 0 Å². The van der Waals surface area contributed by atoms with Crippen molar-refractivity contribution in [3.63, 3.8) is 0 Å². The number of aliphatic carboxylic acids is 1. The van der Waals surface area contributed by atoms with Gasteiger partial charge in [0.25, 0.3) is 0 Å². The topological polar surface area (TPSA) is 107 Å². The minimum atomic E-state index is -3.31. The monoisotopic (exact) mass is 321 g/mol. The maximum absolute atomic E-state index is 11.9. The van der Waals surface area contributed by atoms with Crippen molar-refractivity contribution in [2.75, 3.05) is 39.5 Å². The predicted molar refractivity (Wildman–Crippen MR) is 77.4 cm³/mol. The number of rotatable bonds is 6. The average Bonchev–Trinajstić information content (AvgIpc) is 2.38. The summed E-state index contributed by atoms with van der Waals surface area (Å²) in [5.74, 6) is -0.839. The van der Waals surface area contributed by atoms with Crippen LogP contribution in [0.4, 0.5) is 4.79 Å². The van der Waals surface area contributed by atoms with E-state index in [-0.39, 0.29) is 30.7 Å². The van der Waals surface area contributed by atoms with Gasteiger partial charge >= 0.3 is 12.0 Å². The van der Waals surface area contributed by atoms with Crippen molar-refractivity contribution in [1.29, 1.82) is 0 Å². The molecule has 0 radical (unpaired) electrons. The maximum Gasteiger partial charge on any atom is 0.317 e. The van der Waals surface area contributed by atoms with Crippen LogP contribution < -0.4 is 5.32 Å². The lowest BCUT2D eigenvalue weighted by atomic mass is 9.94. The first-order chi connectivity index (χ1) is 9.72. The van der Waals surface area contributed by atoms with Crippen LogP contribution in [0.15, 0.2) is 0 Å². The first-order valence-corrected chi connectivity index (χ1v) is 8.48. The molecule has 1 saturated heterocycles. The fourth-order valence-corrected chi connectivity index (χ4v) is 2.89. The van der Waals surface area contributed by atoms with Crippen molar-refractivity contribution in [2.45, 2.75) is 19.3 Å². The largest absolute Gasteiger partial charge is 0.481 e. The van der Waals surface area contributed by atoms with E-state index < -0.39 is 16.0 Å². The molecule has 0 spiro atoms. The number of amides is 2. The summed E-state index contributed by atoms with van der Waals surface area (Å²) in [6.45, 7) is 1.07. The molecule has 0 bridgehead atoms. The van der Waals surface area contributed by atoms with E-state index in [0.717, 1.165) is 4.31 Å². The highest BCUT2D eigenvalue weighted by Crippen LogP contribution is 2.20. The second kappa shape index (κ2) is 7.60. The van der Waals surface area contributed by atoms with Crippen LogP contribution in [-0.2, 0) is 14.8 Å². The third-order valence-corrected chi connectivity index (χ3v) is 5.39. The van der Waals surface area contributed by atoms with E-state index in [9.17, 15) is 18.0 Å². The summed E-state index contributed by atoms with van der Waals surface area (Å²) in [6, 6.07) is -0.294. The number of carboxylic acids is 1. The smallest absolute Gasteiger partial charge is 0.317 e. The Morgan fingerprint density at radius 2 is 1.86 bits per heavy atom. The molecular formula is C12H23N3O5S. The molecule has 2 amide bonds. The van der Waals surface area contributed by atoms with Crippen LogP contribution in [-0.4, -0.2) is 74.2 Å². The third kappa shape index (κ3) is 5.88. The Hall–Kier alpha value is -1.35. The number of urea groups is 1. The Morgan fingerprint density at radius 1 is 1.29 bits per heavy atom. The predicted octanol–water partition coefficient (Wildman–Crippen LogP) is -0.226. The van der Waals surface area contributed by atoms with Gasteiger partial charge in [-0.3, -0.25) is 4.79 Å². The number of likely N-dealkylation sites (tertiary alicyclic amines) is 1. The number of hydrogen-bond acceptors (Lipinski definition) is 4. The highest BCUT2D eigenvalue weighted by molar-refractivity contribution is 7.89. The number of carboxylic acid groups (broad SMARTS) is 1. The molecule has 0 aromatic carbocycles.